The fraction of sp³-hybridized carbons (Fsp3) is 0.389. The zero-order chi connectivity index (χ0) is 15.0. The molecule has 0 bridgehead atoms. The summed E-state index contributed by atoms with van der Waals surface area (Å²) in [5, 5.41) is 0. The molecule has 0 saturated carbocycles. The molecule has 3 rings (SSSR count). The average molecular weight is 282 g/mol. The molecule has 0 aliphatic heterocycles. The fourth-order valence-corrected chi connectivity index (χ4v) is 3.26. The van der Waals surface area contributed by atoms with E-state index in [1.54, 1.807) is 0 Å². The van der Waals surface area contributed by atoms with Gasteiger partial charge in [0, 0.05) is 23.5 Å². The van der Waals surface area contributed by atoms with Crippen LogP contribution in [0.5, 0.6) is 0 Å². The maximum Gasteiger partial charge on any atom is 0.259 e. The molecule has 2 aromatic rings. The number of nitrogens with zero attached hydrogens (tertiary/aromatic N) is 1. The molecule has 2 N–H and O–H groups in total. The normalized spacial score (nSPS) is 17.6. The lowest BCUT2D eigenvalue weighted by molar-refractivity contribution is 0.485. The summed E-state index contributed by atoms with van der Waals surface area (Å²) in [6.07, 6.45) is 3.14. The first-order valence-corrected chi connectivity index (χ1v) is 7.64. The zero-order valence-electron chi connectivity index (χ0n) is 12.7. The van der Waals surface area contributed by atoms with Gasteiger partial charge in [-0.05, 0) is 61.4 Å². The van der Waals surface area contributed by atoms with E-state index in [9.17, 15) is 4.79 Å². The number of pyridine rings is 1. The first-order valence-electron chi connectivity index (χ1n) is 7.64. The monoisotopic (exact) mass is 282 g/mol. The third-order valence-electron chi connectivity index (χ3n) is 4.39. The highest BCUT2D eigenvalue weighted by Crippen LogP contribution is 2.26. The summed E-state index contributed by atoms with van der Waals surface area (Å²) >= 11 is 0. The van der Waals surface area contributed by atoms with E-state index in [1.807, 2.05) is 22.8 Å². The lowest BCUT2D eigenvalue weighted by atomic mass is 9.87. The minimum absolute atomic E-state index is 0.0383. The van der Waals surface area contributed by atoms with Crippen LogP contribution >= 0.6 is 0 Å². The van der Waals surface area contributed by atoms with Crippen molar-refractivity contribution < 1.29 is 0 Å². The van der Waals surface area contributed by atoms with E-state index >= 15 is 0 Å². The number of fused-ring (bicyclic) bond motifs is 1. The smallest absolute Gasteiger partial charge is 0.259 e. The van der Waals surface area contributed by atoms with E-state index in [1.165, 1.54) is 11.3 Å². The second-order valence-electron chi connectivity index (χ2n) is 6.17. The van der Waals surface area contributed by atoms with Crippen LogP contribution in [0, 0.1) is 12.8 Å². The van der Waals surface area contributed by atoms with Crippen LogP contribution in [0.25, 0.3) is 5.69 Å². The Morgan fingerprint density at radius 3 is 2.86 bits per heavy atom. The van der Waals surface area contributed by atoms with Crippen LogP contribution in [-0.2, 0) is 19.4 Å². The average Bonchev–Trinajstić information content (AvgIpc) is 2.46. The van der Waals surface area contributed by atoms with Gasteiger partial charge in [0.25, 0.3) is 5.56 Å². The van der Waals surface area contributed by atoms with Crippen LogP contribution in [0.3, 0.4) is 0 Å². The number of nitrogens with two attached hydrogens (primary N) is 1. The maximum absolute atomic E-state index is 12.7. The molecule has 1 atom stereocenters. The van der Waals surface area contributed by atoms with Crippen molar-refractivity contribution in [1.82, 2.24) is 4.57 Å². The van der Waals surface area contributed by atoms with Gasteiger partial charge >= 0.3 is 0 Å². The van der Waals surface area contributed by atoms with Crippen molar-refractivity contribution in [1.29, 1.82) is 0 Å². The van der Waals surface area contributed by atoms with E-state index in [4.69, 9.17) is 5.73 Å². The lowest BCUT2D eigenvalue weighted by Gasteiger charge is -2.26. The van der Waals surface area contributed by atoms with Crippen molar-refractivity contribution in [3.63, 3.8) is 0 Å². The summed E-state index contributed by atoms with van der Waals surface area (Å²) in [6.45, 7) is 4.62. The Hall–Kier alpha value is -1.87. The highest BCUT2D eigenvalue weighted by atomic mass is 16.1. The minimum Gasteiger partial charge on any atom is -0.326 e. The summed E-state index contributed by atoms with van der Waals surface area (Å²) in [6, 6.07) is 10.2. The van der Waals surface area contributed by atoms with Crippen LogP contribution in [-0.4, -0.2) is 4.57 Å². The van der Waals surface area contributed by atoms with Gasteiger partial charge in [-0.3, -0.25) is 9.36 Å². The molecule has 0 saturated heterocycles. The second-order valence-corrected chi connectivity index (χ2v) is 6.17. The Labute approximate surface area is 125 Å². The standard InChI is InChI=1S/C18H22N2O/c1-12-4-3-5-16(9-12)20-17-7-6-13(2)8-14(17)10-15(11-19)18(20)21/h3-5,9-10,13H,6-8,11,19H2,1-2H3. The van der Waals surface area contributed by atoms with Crippen molar-refractivity contribution in [2.45, 2.75) is 39.7 Å². The van der Waals surface area contributed by atoms with Gasteiger partial charge in [-0.2, -0.15) is 0 Å². The van der Waals surface area contributed by atoms with Crippen LogP contribution in [0.1, 0.15) is 35.7 Å². The van der Waals surface area contributed by atoms with Crippen LogP contribution in [0.2, 0.25) is 0 Å². The first-order chi connectivity index (χ1) is 10.1. The maximum atomic E-state index is 12.7. The van der Waals surface area contributed by atoms with Crippen molar-refractivity contribution >= 4 is 0 Å². The quantitative estimate of drug-likeness (QED) is 0.920. The van der Waals surface area contributed by atoms with E-state index in [-0.39, 0.29) is 5.56 Å². The molecule has 1 aromatic carbocycles. The van der Waals surface area contributed by atoms with Gasteiger partial charge in [0.2, 0.25) is 0 Å². The van der Waals surface area contributed by atoms with Crippen molar-refractivity contribution in [2.24, 2.45) is 11.7 Å². The summed E-state index contributed by atoms with van der Waals surface area (Å²) in [5.41, 5.74) is 11.1. The van der Waals surface area contributed by atoms with Crippen molar-refractivity contribution in [2.75, 3.05) is 0 Å². The molecule has 21 heavy (non-hydrogen) atoms. The van der Waals surface area contributed by atoms with Crippen molar-refractivity contribution in [3.8, 4) is 5.69 Å². The molecule has 1 aromatic heterocycles. The number of aryl methyl sites for hydroxylation is 1. The van der Waals surface area contributed by atoms with E-state index < -0.39 is 0 Å². The number of rotatable bonds is 2. The number of hydrogen-bond acceptors (Lipinski definition) is 2. The molecule has 1 heterocycles. The van der Waals surface area contributed by atoms with Gasteiger partial charge < -0.3 is 5.73 Å². The van der Waals surface area contributed by atoms with Gasteiger partial charge in [-0.15, -0.1) is 0 Å². The van der Waals surface area contributed by atoms with E-state index in [0.29, 0.717) is 18.0 Å². The van der Waals surface area contributed by atoms with Crippen LogP contribution in [0.4, 0.5) is 0 Å². The van der Waals surface area contributed by atoms with Gasteiger partial charge in [0.1, 0.15) is 0 Å². The molecule has 1 aliphatic carbocycles. The molecule has 0 radical (unpaired) electrons. The summed E-state index contributed by atoms with van der Waals surface area (Å²) < 4.78 is 1.89. The van der Waals surface area contributed by atoms with Gasteiger partial charge in [-0.25, -0.2) is 0 Å². The molecule has 3 nitrogen and oxygen atoms in total. The molecule has 0 amide bonds. The zero-order valence-corrected chi connectivity index (χ0v) is 12.7. The Balaban J connectivity index is 2.28. The summed E-state index contributed by atoms with van der Waals surface area (Å²) in [4.78, 5) is 12.7. The Morgan fingerprint density at radius 1 is 1.33 bits per heavy atom. The minimum atomic E-state index is 0.0383. The summed E-state index contributed by atoms with van der Waals surface area (Å²) in [5.74, 6) is 0.673. The Bertz CT molecular complexity index is 730. The highest BCUT2D eigenvalue weighted by molar-refractivity contribution is 5.42. The SMILES string of the molecule is Cc1cccc(-n2c3c(cc(CN)c2=O)CC(C)CC3)c1. The van der Waals surface area contributed by atoms with E-state index in [0.717, 1.165) is 30.5 Å². The topological polar surface area (TPSA) is 48.0 Å². The number of benzene rings is 1. The van der Waals surface area contributed by atoms with Gasteiger partial charge in [-0.1, -0.05) is 19.1 Å². The fourth-order valence-electron chi connectivity index (χ4n) is 3.26. The summed E-state index contributed by atoms with van der Waals surface area (Å²) in [7, 11) is 0. The molecule has 3 heteroatoms. The molecule has 110 valence electrons. The second kappa shape index (κ2) is 5.49. The van der Waals surface area contributed by atoms with Gasteiger partial charge in [0.15, 0.2) is 0 Å². The predicted octanol–water partition coefficient (Wildman–Crippen LogP) is 2.73. The van der Waals surface area contributed by atoms with E-state index in [2.05, 4.69) is 26.0 Å². The van der Waals surface area contributed by atoms with Gasteiger partial charge in [0.05, 0.1) is 0 Å². The van der Waals surface area contributed by atoms with Crippen LogP contribution in [0.15, 0.2) is 35.1 Å². The molecular formula is C18H22N2O. The van der Waals surface area contributed by atoms with Crippen molar-refractivity contribution in [3.05, 3.63) is 63.1 Å². The highest BCUT2D eigenvalue weighted by Gasteiger charge is 2.21. The molecule has 1 aliphatic rings. The third kappa shape index (κ3) is 2.54. The molecular weight excluding hydrogens is 260 g/mol. The number of hydrogen-bond donors (Lipinski definition) is 1. The van der Waals surface area contributed by atoms with Crippen LogP contribution < -0.4 is 11.3 Å². The largest absolute Gasteiger partial charge is 0.326 e. The predicted molar refractivity (Wildman–Crippen MR) is 85.9 cm³/mol. The first kappa shape index (κ1) is 14.1. The molecule has 0 fully saturated rings. The Morgan fingerprint density at radius 2 is 2.14 bits per heavy atom. The number of aromatic nitrogens is 1. The lowest BCUT2D eigenvalue weighted by Crippen LogP contribution is -2.30. The third-order valence-corrected chi connectivity index (χ3v) is 4.39. The molecule has 0 spiro atoms. The molecule has 1 unspecified atom stereocenters. The Kier molecular flexibility index (Phi) is 3.68.